The van der Waals surface area contributed by atoms with Crippen molar-refractivity contribution in [3.63, 3.8) is 0 Å². The highest BCUT2D eigenvalue weighted by atomic mass is 28.3. The van der Waals surface area contributed by atoms with Gasteiger partial charge in [-0.1, -0.05) is 119 Å². The standard InChI is InChI=1S/C37H48Si/c1-9-28-17-29(10-2)21-34(20-28)38(37-26(7)15-16-27(37)8,35-22-30(11-3)18-31(12-4)23-35)36-24-32(13-5)19-33(14-6)25-36/h15-25,37H,9-14H2,1-8H3. The van der Waals surface area contributed by atoms with E-state index in [9.17, 15) is 0 Å². The lowest BCUT2D eigenvalue weighted by atomic mass is 10.1. The second-order valence-corrected chi connectivity index (χ2v) is 15.2. The fourth-order valence-electron chi connectivity index (χ4n) is 6.69. The molecule has 0 unspecified atom stereocenters. The van der Waals surface area contributed by atoms with Gasteiger partial charge in [-0.15, -0.1) is 0 Å². The van der Waals surface area contributed by atoms with Crippen molar-refractivity contribution in [3.05, 3.63) is 111 Å². The third-order valence-corrected chi connectivity index (χ3v) is 14.3. The lowest BCUT2D eigenvalue weighted by Gasteiger charge is -2.42. The number of aryl methyl sites for hydroxylation is 6. The van der Waals surface area contributed by atoms with Crippen LogP contribution in [0.4, 0.5) is 0 Å². The van der Waals surface area contributed by atoms with Crippen molar-refractivity contribution < 1.29 is 0 Å². The van der Waals surface area contributed by atoms with Crippen LogP contribution < -0.4 is 15.6 Å². The Kier molecular flexibility index (Phi) is 8.99. The molecule has 0 N–H and O–H groups in total. The van der Waals surface area contributed by atoms with E-state index in [2.05, 4.69) is 122 Å². The van der Waals surface area contributed by atoms with Crippen LogP contribution in [0.15, 0.2) is 77.9 Å². The Balaban J connectivity index is 2.26. The van der Waals surface area contributed by atoms with E-state index < -0.39 is 8.07 Å². The molecule has 0 bridgehead atoms. The summed E-state index contributed by atoms with van der Waals surface area (Å²) < 4.78 is 0. The first-order valence-electron chi connectivity index (χ1n) is 15.1. The third kappa shape index (κ3) is 5.15. The van der Waals surface area contributed by atoms with Crippen molar-refractivity contribution >= 4 is 23.6 Å². The largest absolute Gasteiger partial charge is 0.159 e. The maximum absolute atomic E-state index is 2.60. The molecule has 0 fully saturated rings. The summed E-state index contributed by atoms with van der Waals surface area (Å²) in [6.07, 6.45) is 11.2. The SMILES string of the molecule is CCc1cc(CC)cc([Si](c2cc(CC)cc(CC)c2)(c2cc(CC)cc(CC)c2)C2C(C)=CC=C2C)c1. The molecule has 200 valence electrons. The molecule has 0 saturated carbocycles. The van der Waals surface area contributed by atoms with Gasteiger partial charge in [0, 0.05) is 5.54 Å². The molecule has 38 heavy (non-hydrogen) atoms. The Morgan fingerprint density at radius 3 is 0.868 bits per heavy atom. The molecule has 1 aliphatic carbocycles. The average Bonchev–Trinajstić information content (AvgIpc) is 3.30. The molecule has 3 aromatic rings. The molecule has 0 radical (unpaired) electrons. The number of rotatable bonds is 10. The lowest BCUT2D eigenvalue weighted by Crippen LogP contribution is -2.70. The van der Waals surface area contributed by atoms with Crippen molar-refractivity contribution in [2.24, 2.45) is 0 Å². The van der Waals surface area contributed by atoms with Crippen LogP contribution in [0, 0.1) is 0 Å². The number of hydrogen-bond donors (Lipinski definition) is 0. The van der Waals surface area contributed by atoms with E-state index in [0.717, 1.165) is 38.5 Å². The van der Waals surface area contributed by atoms with Crippen LogP contribution in [0.3, 0.4) is 0 Å². The summed E-state index contributed by atoms with van der Waals surface area (Å²) >= 11 is 0. The Morgan fingerprint density at radius 2 is 0.658 bits per heavy atom. The minimum Gasteiger partial charge on any atom is -0.0679 e. The monoisotopic (exact) mass is 520 g/mol. The minimum atomic E-state index is -2.54. The normalized spacial score (nSPS) is 14.1. The number of benzene rings is 3. The second kappa shape index (κ2) is 12.0. The molecule has 0 aromatic heterocycles. The molecule has 0 saturated heterocycles. The van der Waals surface area contributed by atoms with E-state index in [-0.39, 0.29) is 0 Å². The summed E-state index contributed by atoms with van der Waals surface area (Å²) in [5, 5.41) is 4.77. The Hall–Kier alpha value is -2.64. The van der Waals surface area contributed by atoms with Gasteiger partial charge in [0.2, 0.25) is 0 Å². The van der Waals surface area contributed by atoms with Gasteiger partial charge >= 0.3 is 0 Å². The predicted molar refractivity (Wildman–Crippen MR) is 172 cm³/mol. The molecule has 0 spiro atoms. The number of allylic oxidation sites excluding steroid dienone is 4. The molecular weight excluding hydrogens is 472 g/mol. The van der Waals surface area contributed by atoms with Crippen LogP contribution in [0.1, 0.15) is 88.8 Å². The highest BCUT2D eigenvalue weighted by Crippen LogP contribution is 2.41. The van der Waals surface area contributed by atoms with Gasteiger partial charge in [-0.3, -0.25) is 0 Å². The topological polar surface area (TPSA) is 0 Å². The van der Waals surface area contributed by atoms with Crippen LogP contribution in [0.2, 0.25) is 5.54 Å². The summed E-state index contributed by atoms with van der Waals surface area (Å²) in [6.45, 7) is 18.7. The fourth-order valence-corrected chi connectivity index (χ4v) is 12.7. The second-order valence-electron chi connectivity index (χ2n) is 11.3. The third-order valence-electron chi connectivity index (χ3n) is 8.93. The first-order valence-corrected chi connectivity index (χ1v) is 17.2. The van der Waals surface area contributed by atoms with Crippen molar-refractivity contribution in [2.45, 2.75) is 99.5 Å². The molecule has 0 amide bonds. The first kappa shape index (κ1) is 28.4. The quantitative estimate of drug-likeness (QED) is 0.189. The highest BCUT2D eigenvalue weighted by Gasteiger charge is 2.49. The molecule has 0 aliphatic heterocycles. The van der Waals surface area contributed by atoms with Gasteiger partial charge < -0.3 is 0 Å². The smallest absolute Gasteiger partial charge is 0.0679 e. The van der Waals surface area contributed by atoms with Crippen molar-refractivity contribution in [1.82, 2.24) is 0 Å². The molecule has 3 aromatic carbocycles. The minimum absolute atomic E-state index is 0.424. The molecule has 0 atom stereocenters. The summed E-state index contributed by atoms with van der Waals surface area (Å²) in [4.78, 5) is 0. The Bertz CT molecular complexity index is 1130. The van der Waals surface area contributed by atoms with Gasteiger partial charge in [0.15, 0.2) is 8.07 Å². The maximum atomic E-state index is 2.60. The van der Waals surface area contributed by atoms with Crippen molar-refractivity contribution in [3.8, 4) is 0 Å². The van der Waals surface area contributed by atoms with E-state index in [1.165, 1.54) is 44.5 Å². The van der Waals surface area contributed by atoms with E-state index in [4.69, 9.17) is 0 Å². The van der Waals surface area contributed by atoms with E-state index in [1.807, 2.05) is 0 Å². The van der Waals surface area contributed by atoms with Crippen LogP contribution in [0.5, 0.6) is 0 Å². The predicted octanol–water partition coefficient (Wildman–Crippen LogP) is 7.81. The zero-order valence-electron chi connectivity index (χ0n) is 25.2. The molecule has 1 aliphatic rings. The van der Waals surface area contributed by atoms with E-state index in [1.54, 1.807) is 15.6 Å². The Morgan fingerprint density at radius 1 is 0.421 bits per heavy atom. The first-order chi connectivity index (χ1) is 18.3. The number of hydrogen-bond acceptors (Lipinski definition) is 0. The van der Waals surface area contributed by atoms with Gasteiger partial charge in [0.25, 0.3) is 0 Å². The van der Waals surface area contributed by atoms with Crippen LogP contribution in [-0.2, 0) is 38.5 Å². The molecule has 1 heteroatoms. The summed E-state index contributed by atoms with van der Waals surface area (Å²) in [5.41, 5.74) is 12.3. The highest BCUT2D eigenvalue weighted by molar-refractivity contribution is 7.13. The summed E-state index contributed by atoms with van der Waals surface area (Å²) in [7, 11) is -2.54. The van der Waals surface area contributed by atoms with E-state index in [0.29, 0.717) is 5.54 Å². The maximum Gasteiger partial charge on any atom is 0.159 e. The fraction of sp³-hybridized carbons (Fsp3) is 0.405. The van der Waals surface area contributed by atoms with Gasteiger partial charge in [-0.05, 0) is 101 Å². The van der Waals surface area contributed by atoms with Crippen LogP contribution in [0.25, 0.3) is 0 Å². The van der Waals surface area contributed by atoms with Crippen LogP contribution >= 0.6 is 0 Å². The zero-order valence-corrected chi connectivity index (χ0v) is 26.2. The summed E-state index contributed by atoms with van der Waals surface area (Å²) in [5.74, 6) is 0. The van der Waals surface area contributed by atoms with E-state index >= 15 is 0 Å². The molecule has 4 rings (SSSR count). The van der Waals surface area contributed by atoms with Crippen molar-refractivity contribution in [2.75, 3.05) is 0 Å². The van der Waals surface area contributed by atoms with Gasteiger partial charge in [0.05, 0.1) is 0 Å². The summed E-state index contributed by atoms with van der Waals surface area (Å²) in [6, 6.07) is 22.9. The average molecular weight is 521 g/mol. The molecular formula is C37H48Si. The van der Waals surface area contributed by atoms with Gasteiger partial charge in [-0.25, -0.2) is 0 Å². The lowest BCUT2D eigenvalue weighted by molar-refractivity contribution is 1.07. The Labute approximate surface area is 233 Å². The van der Waals surface area contributed by atoms with Gasteiger partial charge in [0.1, 0.15) is 0 Å². The van der Waals surface area contributed by atoms with Crippen molar-refractivity contribution in [1.29, 1.82) is 0 Å². The van der Waals surface area contributed by atoms with Gasteiger partial charge in [-0.2, -0.15) is 0 Å². The zero-order chi connectivity index (χ0) is 27.4. The molecule has 0 nitrogen and oxygen atoms in total. The van der Waals surface area contributed by atoms with Crippen LogP contribution in [-0.4, -0.2) is 8.07 Å². The molecule has 0 heterocycles.